The Labute approximate surface area is 165 Å². The normalized spacial score (nSPS) is 23.2. The van der Waals surface area contributed by atoms with Gasteiger partial charge in [0.15, 0.2) is 5.78 Å². The number of carboxylic acids is 1. The highest BCUT2D eigenvalue weighted by Crippen LogP contribution is 2.53. The van der Waals surface area contributed by atoms with E-state index in [1.165, 1.54) is 0 Å². The number of fused-ring (bicyclic) bond motifs is 3. The summed E-state index contributed by atoms with van der Waals surface area (Å²) in [5, 5.41) is 20.6. The quantitative estimate of drug-likeness (QED) is 0.769. The van der Waals surface area contributed by atoms with E-state index in [4.69, 9.17) is 9.47 Å². The minimum atomic E-state index is -0.959. The summed E-state index contributed by atoms with van der Waals surface area (Å²) in [6, 6.07) is 0. The van der Waals surface area contributed by atoms with Gasteiger partial charge in [-0.1, -0.05) is 20.3 Å². The molecule has 152 valence electrons. The summed E-state index contributed by atoms with van der Waals surface area (Å²) in [7, 11) is 0. The first-order chi connectivity index (χ1) is 13.1. The Morgan fingerprint density at radius 2 is 1.96 bits per heavy atom. The fourth-order valence-electron chi connectivity index (χ4n) is 3.94. The van der Waals surface area contributed by atoms with Gasteiger partial charge in [0.2, 0.25) is 0 Å². The Hall–Kier alpha value is -2.50. The van der Waals surface area contributed by atoms with E-state index >= 15 is 0 Å². The van der Waals surface area contributed by atoms with Crippen LogP contribution in [0.2, 0.25) is 0 Å². The van der Waals surface area contributed by atoms with Crippen molar-refractivity contribution in [1.82, 2.24) is 0 Å². The van der Waals surface area contributed by atoms with Crippen LogP contribution < -0.4 is 9.47 Å². The molecule has 0 aliphatic carbocycles. The van der Waals surface area contributed by atoms with Crippen molar-refractivity contribution < 1.29 is 29.3 Å². The van der Waals surface area contributed by atoms with Crippen LogP contribution in [0.25, 0.3) is 6.08 Å². The number of hydrogen-bond donors (Lipinski definition) is 2. The summed E-state index contributed by atoms with van der Waals surface area (Å²) in [4.78, 5) is 24.5. The molecule has 0 spiro atoms. The average molecular weight is 388 g/mol. The molecule has 0 aromatic heterocycles. The van der Waals surface area contributed by atoms with Gasteiger partial charge in [0.1, 0.15) is 34.5 Å². The van der Waals surface area contributed by atoms with Crippen molar-refractivity contribution in [2.24, 2.45) is 5.92 Å². The van der Waals surface area contributed by atoms with Crippen molar-refractivity contribution in [3.63, 3.8) is 0 Å². The van der Waals surface area contributed by atoms with Crippen molar-refractivity contribution >= 4 is 17.8 Å². The number of phenols is 1. The molecule has 3 atom stereocenters. The van der Waals surface area contributed by atoms with Gasteiger partial charge in [-0.25, -0.2) is 0 Å². The molecule has 0 amide bonds. The number of carboxylic acid groups (broad SMARTS) is 1. The van der Waals surface area contributed by atoms with E-state index in [9.17, 15) is 19.8 Å². The molecular weight excluding hydrogens is 360 g/mol. The van der Waals surface area contributed by atoms with Gasteiger partial charge in [-0.05, 0) is 39.3 Å². The van der Waals surface area contributed by atoms with Gasteiger partial charge >= 0.3 is 5.97 Å². The maximum Gasteiger partial charge on any atom is 0.303 e. The van der Waals surface area contributed by atoms with Crippen LogP contribution in [0, 0.1) is 5.92 Å². The summed E-state index contributed by atoms with van der Waals surface area (Å²) in [5.74, 6) is -1.49. The van der Waals surface area contributed by atoms with Crippen LogP contribution in [0.15, 0.2) is 6.08 Å². The predicted molar refractivity (Wildman–Crippen MR) is 105 cm³/mol. The zero-order chi connectivity index (χ0) is 20.8. The van der Waals surface area contributed by atoms with Crippen molar-refractivity contribution in [2.75, 3.05) is 0 Å². The van der Waals surface area contributed by atoms with E-state index in [-0.39, 0.29) is 29.6 Å². The molecule has 1 aromatic carbocycles. The number of aromatic hydroxyl groups is 1. The molecule has 0 saturated carbocycles. The van der Waals surface area contributed by atoms with Gasteiger partial charge < -0.3 is 19.7 Å². The van der Waals surface area contributed by atoms with Crippen LogP contribution in [0.5, 0.6) is 17.2 Å². The van der Waals surface area contributed by atoms with Crippen molar-refractivity contribution in [2.45, 2.75) is 71.5 Å². The highest BCUT2D eigenvalue weighted by Gasteiger charge is 2.41. The van der Waals surface area contributed by atoms with E-state index in [1.807, 2.05) is 39.8 Å². The van der Waals surface area contributed by atoms with Gasteiger partial charge in [0, 0.05) is 11.5 Å². The molecule has 28 heavy (non-hydrogen) atoms. The number of hydrogen-bond acceptors (Lipinski definition) is 5. The van der Waals surface area contributed by atoms with Gasteiger partial charge in [0.25, 0.3) is 0 Å². The summed E-state index contributed by atoms with van der Waals surface area (Å²) in [6.45, 7) is 9.32. The largest absolute Gasteiger partial charge is 0.507 e. The van der Waals surface area contributed by atoms with Crippen molar-refractivity contribution in [3.05, 3.63) is 22.8 Å². The molecule has 2 heterocycles. The minimum Gasteiger partial charge on any atom is -0.507 e. The second kappa shape index (κ2) is 7.15. The highest BCUT2D eigenvalue weighted by molar-refractivity contribution is 6.06. The topological polar surface area (TPSA) is 93.1 Å². The van der Waals surface area contributed by atoms with Crippen LogP contribution in [-0.2, 0) is 4.79 Å². The zero-order valence-corrected chi connectivity index (χ0v) is 17.0. The van der Waals surface area contributed by atoms with E-state index in [0.717, 1.165) is 6.42 Å². The number of ketones is 1. The van der Waals surface area contributed by atoms with E-state index in [0.29, 0.717) is 29.0 Å². The second-order valence-electron chi connectivity index (χ2n) is 8.31. The summed E-state index contributed by atoms with van der Waals surface area (Å²) < 4.78 is 12.2. The SMILES string of the molecule is CCCC(CC(=O)O)c1c(O)c2c(c3c1OC(C)(C)C=C3)O[C@H](C)[C@H](C)C2=O. The molecule has 1 aromatic rings. The number of aliphatic carboxylic acids is 1. The number of benzene rings is 1. The Balaban J connectivity index is 2.32. The minimum absolute atomic E-state index is 0.138. The number of ether oxygens (including phenoxy) is 2. The standard InChI is InChI=1S/C22H28O6/c1-6-7-13(10-15(23)24)16-19(26)17-18(25)11(2)12(3)27-20(17)14-8-9-22(4,5)28-21(14)16/h8-9,11-13,26H,6-7,10H2,1-5H3,(H,23,24)/t11-,12+,13?/m0/s1. The first-order valence-electron chi connectivity index (χ1n) is 9.81. The number of rotatable bonds is 5. The third kappa shape index (κ3) is 3.36. The summed E-state index contributed by atoms with van der Waals surface area (Å²) in [5.41, 5.74) is 0.508. The first kappa shape index (κ1) is 20.2. The van der Waals surface area contributed by atoms with Crippen LogP contribution >= 0.6 is 0 Å². The summed E-state index contributed by atoms with van der Waals surface area (Å²) in [6.07, 6.45) is 4.53. The lowest BCUT2D eigenvalue weighted by molar-refractivity contribution is -0.137. The molecule has 3 rings (SSSR count). The molecule has 6 nitrogen and oxygen atoms in total. The van der Waals surface area contributed by atoms with Gasteiger partial charge in [-0.2, -0.15) is 0 Å². The fourth-order valence-corrected chi connectivity index (χ4v) is 3.94. The Morgan fingerprint density at radius 1 is 1.29 bits per heavy atom. The predicted octanol–water partition coefficient (Wildman–Crippen LogP) is 4.53. The number of carbonyl (C=O) groups excluding carboxylic acids is 1. The molecule has 2 aliphatic rings. The fraction of sp³-hybridized carbons (Fsp3) is 0.545. The molecule has 0 bridgehead atoms. The third-order valence-corrected chi connectivity index (χ3v) is 5.60. The first-order valence-corrected chi connectivity index (χ1v) is 9.81. The molecule has 0 fully saturated rings. The monoisotopic (exact) mass is 388 g/mol. The van der Waals surface area contributed by atoms with Crippen LogP contribution in [0.3, 0.4) is 0 Å². The van der Waals surface area contributed by atoms with E-state index in [1.54, 1.807) is 6.92 Å². The molecular formula is C22H28O6. The maximum absolute atomic E-state index is 13.0. The molecule has 6 heteroatoms. The highest BCUT2D eigenvalue weighted by atomic mass is 16.5. The van der Waals surface area contributed by atoms with E-state index < -0.39 is 23.4 Å². The molecule has 1 unspecified atom stereocenters. The van der Waals surface area contributed by atoms with Crippen molar-refractivity contribution in [3.8, 4) is 17.2 Å². The van der Waals surface area contributed by atoms with Gasteiger partial charge in [-0.3, -0.25) is 9.59 Å². The molecule has 2 aliphatic heterocycles. The van der Waals surface area contributed by atoms with Crippen LogP contribution in [0.1, 0.15) is 81.3 Å². The van der Waals surface area contributed by atoms with Crippen LogP contribution in [-0.4, -0.2) is 33.7 Å². The molecule has 0 radical (unpaired) electrons. The Bertz CT molecular complexity index is 851. The van der Waals surface area contributed by atoms with Gasteiger partial charge in [0.05, 0.1) is 17.9 Å². The Morgan fingerprint density at radius 3 is 2.57 bits per heavy atom. The lowest BCUT2D eigenvalue weighted by atomic mass is 9.81. The van der Waals surface area contributed by atoms with Crippen LogP contribution in [0.4, 0.5) is 0 Å². The lowest BCUT2D eigenvalue weighted by Crippen LogP contribution is -2.35. The lowest BCUT2D eigenvalue weighted by Gasteiger charge is -2.36. The van der Waals surface area contributed by atoms with Crippen molar-refractivity contribution in [1.29, 1.82) is 0 Å². The van der Waals surface area contributed by atoms with E-state index in [2.05, 4.69) is 0 Å². The zero-order valence-electron chi connectivity index (χ0n) is 17.0. The Kier molecular flexibility index (Phi) is 5.17. The molecule has 2 N–H and O–H groups in total. The third-order valence-electron chi connectivity index (χ3n) is 5.60. The molecule has 0 saturated heterocycles. The number of carbonyl (C=O) groups is 2. The average Bonchev–Trinajstić information content (AvgIpc) is 2.58. The maximum atomic E-state index is 13.0. The van der Waals surface area contributed by atoms with Gasteiger partial charge in [-0.15, -0.1) is 0 Å². The number of phenolic OH excluding ortho intramolecular Hbond substituents is 1. The summed E-state index contributed by atoms with van der Waals surface area (Å²) >= 11 is 0. The smallest absolute Gasteiger partial charge is 0.303 e. The number of Topliss-reactive ketones (excluding diaryl/α,β-unsaturated/α-hetero) is 1. The second-order valence-corrected chi connectivity index (χ2v) is 8.31.